The van der Waals surface area contributed by atoms with Crippen LogP contribution in [0.4, 0.5) is 5.69 Å². The fraction of sp³-hybridized carbons (Fsp3) is 0.429. The van der Waals surface area contributed by atoms with E-state index in [2.05, 4.69) is 58.1 Å². The minimum atomic E-state index is 0.0741. The summed E-state index contributed by atoms with van der Waals surface area (Å²) < 4.78 is 11.9. The second-order valence-electron chi connectivity index (χ2n) is 6.76. The molecule has 2 aromatic rings. The van der Waals surface area contributed by atoms with Gasteiger partial charge in [0.2, 0.25) is 0 Å². The van der Waals surface area contributed by atoms with E-state index in [1.54, 1.807) is 0 Å². The van der Waals surface area contributed by atoms with E-state index in [0.717, 1.165) is 30.3 Å². The van der Waals surface area contributed by atoms with Gasteiger partial charge in [0.25, 0.3) is 0 Å². The SMILES string of the molecule is Cc1cccc(C)c1OC(C)CNc1cccc(OCC(C)C)c1. The van der Waals surface area contributed by atoms with Gasteiger partial charge in [0.15, 0.2) is 0 Å². The number of ether oxygens (including phenoxy) is 2. The van der Waals surface area contributed by atoms with Crippen molar-refractivity contribution in [2.75, 3.05) is 18.5 Å². The highest BCUT2D eigenvalue weighted by molar-refractivity contribution is 5.48. The third kappa shape index (κ3) is 5.48. The standard InChI is InChI=1S/C21H29NO2/c1-15(2)14-23-20-11-7-10-19(12-20)22-13-18(5)24-21-16(3)8-6-9-17(21)4/h6-12,15,18,22H,13-14H2,1-5H3. The predicted octanol–water partition coefficient (Wildman–Crippen LogP) is 5.22. The fourth-order valence-corrected chi connectivity index (χ4v) is 2.45. The molecular weight excluding hydrogens is 298 g/mol. The van der Waals surface area contributed by atoms with Crippen molar-refractivity contribution < 1.29 is 9.47 Å². The summed E-state index contributed by atoms with van der Waals surface area (Å²) in [5.41, 5.74) is 3.39. The van der Waals surface area contributed by atoms with Gasteiger partial charge in [-0.25, -0.2) is 0 Å². The van der Waals surface area contributed by atoms with Gasteiger partial charge in [-0.2, -0.15) is 0 Å². The Morgan fingerprint density at radius 3 is 2.29 bits per heavy atom. The molecule has 130 valence electrons. The van der Waals surface area contributed by atoms with Gasteiger partial charge in [-0.3, -0.25) is 0 Å². The molecule has 1 atom stereocenters. The average molecular weight is 327 g/mol. The molecule has 1 N–H and O–H groups in total. The van der Waals surface area contributed by atoms with Gasteiger partial charge < -0.3 is 14.8 Å². The molecule has 0 bridgehead atoms. The quantitative estimate of drug-likeness (QED) is 0.721. The van der Waals surface area contributed by atoms with E-state index in [9.17, 15) is 0 Å². The Balaban J connectivity index is 1.89. The molecule has 2 aromatic carbocycles. The summed E-state index contributed by atoms with van der Waals surface area (Å²) in [5, 5.41) is 3.43. The molecule has 0 aliphatic rings. The van der Waals surface area contributed by atoms with Gasteiger partial charge >= 0.3 is 0 Å². The first-order valence-corrected chi connectivity index (χ1v) is 8.65. The van der Waals surface area contributed by atoms with Gasteiger partial charge in [0, 0.05) is 11.8 Å². The van der Waals surface area contributed by atoms with Crippen LogP contribution in [0, 0.1) is 19.8 Å². The van der Waals surface area contributed by atoms with E-state index >= 15 is 0 Å². The zero-order valence-corrected chi connectivity index (χ0v) is 15.4. The molecule has 1 unspecified atom stereocenters. The van der Waals surface area contributed by atoms with Crippen LogP contribution in [0.15, 0.2) is 42.5 Å². The molecule has 2 rings (SSSR count). The summed E-state index contributed by atoms with van der Waals surface area (Å²) in [6.07, 6.45) is 0.0741. The topological polar surface area (TPSA) is 30.5 Å². The Kier molecular flexibility index (Phi) is 6.53. The average Bonchev–Trinajstić information content (AvgIpc) is 2.55. The highest BCUT2D eigenvalue weighted by Crippen LogP contribution is 2.24. The normalized spacial score (nSPS) is 12.1. The largest absolute Gasteiger partial charge is 0.493 e. The molecule has 3 nitrogen and oxygen atoms in total. The molecular formula is C21H29NO2. The van der Waals surface area contributed by atoms with E-state index in [1.165, 1.54) is 11.1 Å². The predicted molar refractivity (Wildman–Crippen MR) is 101 cm³/mol. The second kappa shape index (κ2) is 8.62. The molecule has 24 heavy (non-hydrogen) atoms. The smallest absolute Gasteiger partial charge is 0.125 e. The van der Waals surface area contributed by atoms with Crippen LogP contribution < -0.4 is 14.8 Å². The molecule has 0 heterocycles. The highest BCUT2D eigenvalue weighted by atomic mass is 16.5. The molecule has 0 saturated carbocycles. The number of hydrogen-bond donors (Lipinski definition) is 1. The first-order chi connectivity index (χ1) is 11.5. The Morgan fingerprint density at radius 1 is 0.958 bits per heavy atom. The molecule has 3 heteroatoms. The molecule has 0 radical (unpaired) electrons. The van der Waals surface area contributed by atoms with Crippen LogP contribution in [0.25, 0.3) is 0 Å². The van der Waals surface area contributed by atoms with Crippen LogP contribution in [-0.4, -0.2) is 19.3 Å². The molecule has 0 amide bonds. The molecule has 0 aromatic heterocycles. The Morgan fingerprint density at radius 2 is 1.62 bits per heavy atom. The summed E-state index contributed by atoms with van der Waals surface area (Å²) in [5.74, 6) is 2.41. The van der Waals surface area contributed by atoms with Crippen molar-refractivity contribution in [2.24, 2.45) is 5.92 Å². The van der Waals surface area contributed by atoms with Crippen molar-refractivity contribution in [3.05, 3.63) is 53.6 Å². The highest BCUT2D eigenvalue weighted by Gasteiger charge is 2.09. The lowest BCUT2D eigenvalue weighted by Crippen LogP contribution is -2.23. The van der Waals surface area contributed by atoms with Crippen molar-refractivity contribution in [2.45, 2.75) is 40.7 Å². The summed E-state index contributed by atoms with van der Waals surface area (Å²) in [6, 6.07) is 14.3. The molecule has 0 aliphatic heterocycles. The minimum absolute atomic E-state index is 0.0741. The summed E-state index contributed by atoms with van der Waals surface area (Å²) in [7, 11) is 0. The second-order valence-corrected chi connectivity index (χ2v) is 6.76. The maximum atomic E-state index is 6.11. The van der Waals surface area contributed by atoms with Gasteiger partial charge in [0.1, 0.15) is 17.6 Å². The van der Waals surface area contributed by atoms with Crippen molar-refractivity contribution in [1.82, 2.24) is 0 Å². The van der Waals surface area contributed by atoms with Gasteiger partial charge in [0.05, 0.1) is 13.2 Å². The van der Waals surface area contributed by atoms with E-state index in [4.69, 9.17) is 9.47 Å². The number of hydrogen-bond acceptors (Lipinski definition) is 3. The number of aryl methyl sites for hydroxylation is 2. The maximum Gasteiger partial charge on any atom is 0.125 e. The first-order valence-electron chi connectivity index (χ1n) is 8.65. The number of anilines is 1. The van der Waals surface area contributed by atoms with E-state index < -0.39 is 0 Å². The monoisotopic (exact) mass is 327 g/mol. The lowest BCUT2D eigenvalue weighted by Gasteiger charge is -2.19. The fourth-order valence-electron chi connectivity index (χ4n) is 2.45. The Bertz CT molecular complexity index is 632. The Hall–Kier alpha value is -2.16. The third-order valence-electron chi connectivity index (χ3n) is 3.74. The van der Waals surface area contributed by atoms with Crippen molar-refractivity contribution in [3.63, 3.8) is 0 Å². The van der Waals surface area contributed by atoms with E-state index in [0.29, 0.717) is 5.92 Å². The lowest BCUT2D eigenvalue weighted by atomic mass is 10.1. The van der Waals surface area contributed by atoms with Crippen LogP contribution >= 0.6 is 0 Å². The summed E-state index contributed by atoms with van der Waals surface area (Å²) in [6.45, 7) is 12.0. The van der Waals surface area contributed by atoms with Crippen LogP contribution in [-0.2, 0) is 0 Å². The van der Waals surface area contributed by atoms with Crippen molar-refractivity contribution in [3.8, 4) is 11.5 Å². The number of para-hydroxylation sites is 1. The lowest BCUT2D eigenvalue weighted by molar-refractivity contribution is 0.231. The zero-order chi connectivity index (χ0) is 17.5. The molecule has 0 saturated heterocycles. The number of rotatable bonds is 8. The molecule has 0 aliphatic carbocycles. The van der Waals surface area contributed by atoms with Gasteiger partial charge in [-0.05, 0) is 49.9 Å². The van der Waals surface area contributed by atoms with Crippen LogP contribution in [0.5, 0.6) is 11.5 Å². The summed E-state index contributed by atoms with van der Waals surface area (Å²) in [4.78, 5) is 0. The number of benzene rings is 2. The van der Waals surface area contributed by atoms with Gasteiger partial charge in [-0.1, -0.05) is 38.1 Å². The van der Waals surface area contributed by atoms with E-state index in [1.807, 2.05) is 24.3 Å². The van der Waals surface area contributed by atoms with Crippen LogP contribution in [0.3, 0.4) is 0 Å². The van der Waals surface area contributed by atoms with Crippen LogP contribution in [0.1, 0.15) is 31.9 Å². The maximum absolute atomic E-state index is 6.11. The summed E-state index contributed by atoms with van der Waals surface area (Å²) >= 11 is 0. The van der Waals surface area contributed by atoms with Crippen LogP contribution in [0.2, 0.25) is 0 Å². The van der Waals surface area contributed by atoms with E-state index in [-0.39, 0.29) is 6.10 Å². The Labute approximate surface area is 146 Å². The number of nitrogens with one attached hydrogen (secondary N) is 1. The minimum Gasteiger partial charge on any atom is -0.493 e. The third-order valence-corrected chi connectivity index (χ3v) is 3.74. The zero-order valence-electron chi connectivity index (χ0n) is 15.4. The van der Waals surface area contributed by atoms with Gasteiger partial charge in [-0.15, -0.1) is 0 Å². The molecule has 0 fully saturated rings. The van der Waals surface area contributed by atoms with Crippen molar-refractivity contribution in [1.29, 1.82) is 0 Å². The van der Waals surface area contributed by atoms with Crippen molar-refractivity contribution >= 4 is 5.69 Å². The molecule has 0 spiro atoms. The first kappa shape index (κ1) is 18.2.